The number of nitrogens with zero attached hydrogens (tertiary/aromatic N) is 2. The van der Waals surface area contributed by atoms with Gasteiger partial charge in [0.15, 0.2) is 0 Å². The van der Waals surface area contributed by atoms with E-state index >= 15 is 0 Å². The number of hydrogen-bond acceptors (Lipinski definition) is 1. The number of rotatable bonds is 3. The number of fused-ring (bicyclic) bond motifs is 9. The Balaban J connectivity index is 0.974. The third kappa shape index (κ3) is 4.01. The minimum absolute atomic E-state index is 0.857. The van der Waals surface area contributed by atoms with Crippen LogP contribution in [-0.4, -0.2) is 10.3 Å². The summed E-state index contributed by atoms with van der Waals surface area (Å²) in [6.45, 7) is 0. The van der Waals surface area contributed by atoms with Gasteiger partial charge in [-0.25, -0.2) is 0 Å². The Morgan fingerprint density at radius 2 is 1.15 bits per heavy atom. The first kappa shape index (κ1) is 29.4. The SMILES string of the molecule is c1ccc(C2=Nc3ccc(-c4cc5c(c6ccccc46)Cc4cc(-n6c7cccc8c7c7c9c(cccc9ccc76)-c6ccccc6-8)ccc4-5)cc3C2)cc1. The first-order valence-electron chi connectivity index (χ1n) is 19.3. The van der Waals surface area contributed by atoms with Gasteiger partial charge in [-0.3, -0.25) is 4.99 Å². The fourth-order valence-corrected chi connectivity index (χ4v) is 10.2. The molecule has 2 heteroatoms. The lowest BCUT2D eigenvalue weighted by Gasteiger charge is -2.14. The summed E-state index contributed by atoms with van der Waals surface area (Å²) in [5, 5.41) is 7.98. The minimum atomic E-state index is 0.857. The molecule has 0 fully saturated rings. The zero-order valence-electron chi connectivity index (χ0n) is 30.0. The van der Waals surface area contributed by atoms with Crippen LogP contribution in [0.1, 0.15) is 22.3 Å². The Labute approximate surface area is 318 Å². The predicted octanol–water partition coefficient (Wildman–Crippen LogP) is 13.7. The van der Waals surface area contributed by atoms with E-state index < -0.39 is 0 Å². The fraction of sp³-hybridized carbons (Fsp3) is 0.0377. The van der Waals surface area contributed by atoms with Gasteiger partial charge in [-0.05, 0) is 137 Å². The zero-order valence-corrected chi connectivity index (χ0v) is 30.0. The Kier molecular flexibility index (Phi) is 5.77. The first-order chi connectivity index (χ1) is 27.3. The van der Waals surface area contributed by atoms with E-state index in [1.54, 1.807) is 0 Å². The largest absolute Gasteiger partial charge is 0.309 e. The van der Waals surface area contributed by atoms with Crippen molar-refractivity contribution < 1.29 is 0 Å². The molecule has 0 saturated heterocycles. The van der Waals surface area contributed by atoms with Crippen LogP contribution >= 0.6 is 0 Å². The molecule has 0 amide bonds. The van der Waals surface area contributed by atoms with Gasteiger partial charge in [-0.2, -0.15) is 0 Å². The molecule has 13 rings (SSSR count). The predicted molar refractivity (Wildman–Crippen MR) is 230 cm³/mol. The molecule has 1 aromatic heterocycles. The molecule has 2 aliphatic carbocycles. The van der Waals surface area contributed by atoms with Gasteiger partial charge in [0.1, 0.15) is 0 Å². The van der Waals surface area contributed by atoms with Crippen molar-refractivity contribution in [3.63, 3.8) is 0 Å². The quantitative estimate of drug-likeness (QED) is 0.175. The maximum absolute atomic E-state index is 5.03. The van der Waals surface area contributed by atoms with Crippen LogP contribution in [0.5, 0.6) is 0 Å². The zero-order chi connectivity index (χ0) is 35.8. The number of aromatic nitrogens is 1. The van der Waals surface area contributed by atoms with Crippen LogP contribution in [0.4, 0.5) is 5.69 Å². The first-order valence-corrected chi connectivity index (χ1v) is 19.3. The average molecular weight is 697 g/mol. The highest BCUT2D eigenvalue weighted by Crippen LogP contribution is 2.51. The molecule has 0 atom stereocenters. The van der Waals surface area contributed by atoms with Crippen molar-refractivity contribution in [2.24, 2.45) is 4.99 Å². The van der Waals surface area contributed by atoms with Gasteiger partial charge < -0.3 is 4.57 Å². The molecular weight excluding hydrogens is 665 g/mol. The highest BCUT2D eigenvalue weighted by atomic mass is 15.0. The van der Waals surface area contributed by atoms with Gasteiger partial charge in [0, 0.05) is 22.9 Å². The van der Waals surface area contributed by atoms with E-state index in [0.717, 1.165) is 24.2 Å². The lowest BCUT2D eigenvalue weighted by atomic mass is 9.90. The third-order valence-electron chi connectivity index (χ3n) is 12.6. The van der Waals surface area contributed by atoms with E-state index in [4.69, 9.17) is 4.99 Å². The topological polar surface area (TPSA) is 17.3 Å². The van der Waals surface area contributed by atoms with Gasteiger partial charge in [0.25, 0.3) is 0 Å². The van der Waals surface area contributed by atoms with Crippen LogP contribution in [0.25, 0.3) is 93.5 Å². The second kappa shape index (κ2) is 10.8. The molecule has 254 valence electrons. The number of hydrogen-bond donors (Lipinski definition) is 0. The normalized spacial score (nSPS) is 13.4. The van der Waals surface area contributed by atoms with Crippen LogP contribution in [0.3, 0.4) is 0 Å². The van der Waals surface area contributed by atoms with Gasteiger partial charge in [0.2, 0.25) is 0 Å². The van der Waals surface area contributed by atoms with E-state index in [9.17, 15) is 0 Å². The van der Waals surface area contributed by atoms with Crippen LogP contribution in [0, 0.1) is 0 Å². The molecule has 55 heavy (non-hydrogen) atoms. The summed E-state index contributed by atoms with van der Waals surface area (Å²) in [7, 11) is 0. The minimum Gasteiger partial charge on any atom is -0.309 e. The van der Waals surface area contributed by atoms with Crippen molar-refractivity contribution in [1.29, 1.82) is 0 Å². The average Bonchev–Trinajstić information content (AvgIpc) is 3.92. The van der Waals surface area contributed by atoms with E-state index in [-0.39, 0.29) is 0 Å². The van der Waals surface area contributed by atoms with E-state index in [0.29, 0.717) is 0 Å². The molecule has 10 aromatic rings. The summed E-state index contributed by atoms with van der Waals surface area (Å²) < 4.78 is 2.52. The molecule has 9 aromatic carbocycles. The Bertz CT molecular complexity index is 3360. The van der Waals surface area contributed by atoms with Gasteiger partial charge in [-0.15, -0.1) is 0 Å². The van der Waals surface area contributed by atoms with Crippen LogP contribution in [-0.2, 0) is 12.8 Å². The molecule has 0 spiro atoms. The molecule has 1 aliphatic heterocycles. The summed E-state index contributed by atoms with van der Waals surface area (Å²) in [5.41, 5.74) is 21.7. The molecule has 0 bridgehead atoms. The summed E-state index contributed by atoms with van der Waals surface area (Å²) in [4.78, 5) is 5.03. The maximum atomic E-state index is 5.03. The number of aliphatic imine (C=N–C) groups is 1. The monoisotopic (exact) mass is 696 g/mol. The second-order valence-corrected chi connectivity index (χ2v) is 15.4. The van der Waals surface area contributed by atoms with E-state index in [1.807, 2.05) is 0 Å². The smallest absolute Gasteiger partial charge is 0.0669 e. The Hall–Kier alpha value is -7.03. The van der Waals surface area contributed by atoms with Crippen molar-refractivity contribution >= 4 is 54.7 Å². The maximum Gasteiger partial charge on any atom is 0.0669 e. The van der Waals surface area contributed by atoms with Crippen LogP contribution in [0.15, 0.2) is 175 Å². The lowest BCUT2D eigenvalue weighted by Crippen LogP contribution is -1.99. The van der Waals surface area contributed by atoms with E-state index in [2.05, 4.69) is 174 Å². The fourth-order valence-electron chi connectivity index (χ4n) is 10.2. The van der Waals surface area contributed by atoms with Gasteiger partial charge >= 0.3 is 0 Å². The van der Waals surface area contributed by atoms with Crippen LogP contribution < -0.4 is 0 Å². The number of benzene rings is 9. The molecule has 0 radical (unpaired) electrons. The molecular formula is C53H32N2. The molecule has 0 saturated carbocycles. The van der Waals surface area contributed by atoms with Crippen molar-refractivity contribution in [1.82, 2.24) is 4.57 Å². The molecule has 2 heterocycles. The van der Waals surface area contributed by atoms with E-state index in [1.165, 1.54) is 116 Å². The van der Waals surface area contributed by atoms with Crippen molar-refractivity contribution in [2.45, 2.75) is 12.8 Å². The highest BCUT2D eigenvalue weighted by molar-refractivity contribution is 6.30. The lowest BCUT2D eigenvalue weighted by molar-refractivity contribution is 1.16. The van der Waals surface area contributed by atoms with Crippen molar-refractivity contribution in [3.05, 3.63) is 192 Å². The van der Waals surface area contributed by atoms with Crippen LogP contribution in [0.2, 0.25) is 0 Å². The Morgan fingerprint density at radius 3 is 2.02 bits per heavy atom. The summed E-state index contributed by atoms with van der Waals surface area (Å²) in [6, 6.07) is 63.3. The highest BCUT2D eigenvalue weighted by Gasteiger charge is 2.27. The van der Waals surface area contributed by atoms with Crippen molar-refractivity contribution in [3.8, 4) is 50.2 Å². The molecule has 0 N–H and O–H groups in total. The van der Waals surface area contributed by atoms with Crippen molar-refractivity contribution in [2.75, 3.05) is 0 Å². The molecule has 3 aliphatic rings. The molecule has 0 unspecified atom stereocenters. The third-order valence-corrected chi connectivity index (χ3v) is 12.6. The summed E-state index contributed by atoms with van der Waals surface area (Å²) in [5.74, 6) is 0. The summed E-state index contributed by atoms with van der Waals surface area (Å²) in [6.07, 6.45) is 1.77. The second-order valence-electron chi connectivity index (χ2n) is 15.4. The molecule has 2 nitrogen and oxygen atoms in total. The summed E-state index contributed by atoms with van der Waals surface area (Å²) >= 11 is 0. The van der Waals surface area contributed by atoms with Gasteiger partial charge in [-0.1, -0.05) is 127 Å². The standard InChI is InChI=1S/C53H32N2/c1-2-10-31(11-3-1)48-29-35-26-33(20-24-47(35)54-48)44-30-46-37-23-22-36(27-34(37)28-45(46)41-16-7-6-15-40(41)44)55-49-19-9-18-43-39-14-5-4-13-38(39)42-17-8-12-32-21-25-50(55)53(51(32)42)52(43)49/h1-27,30H,28-29H2. The van der Waals surface area contributed by atoms with Gasteiger partial charge in [0.05, 0.1) is 22.4 Å². The Morgan fingerprint density at radius 1 is 0.400 bits per heavy atom.